The Morgan fingerprint density at radius 2 is 2.07 bits per heavy atom. The molecule has 2 rings (SSSR count). The second-order valence-electron chi connectivity index (χ2n) is 7.98. The normalized spacial score (nSPS) is 17.0. The van der Waals surface area contributed by atoms with Crippen LogP contribution in [0.3, 0.4) is 0 Å². The smallest absolute Gasteiger partial charge is 0.320 e. The lowest BCUT2D eigenvalue weighted by molar-refractivity contribution is 0.0256. The summed E-state index contributed by atoms with van der Waals surface area (Å²) in [7, 11) is 1.58. The molecule has 1 aromatic rings. The summed E-state index contributed by atoms with van der Waals surface area (Å²) in [4.78, 5) is 9.97. The van der Waals surface area contributed by atoms with E-state index in [-0.39, 0.29) is 48.3 Å². The van der Waals surface area contributed by atoms with Gasteiger partial charge in [0.1, 0.15) is 5.69 Å². The molecule has 0 atom stereocenters. The molecule has 0 amide bonds. The van der Waals surface area contributed by atoms with Crippen LogP contribution in [-0.4, -0.2) is 60.0 Å². The molecule has 2 heterocycles. The molecule has 0 saturated carbocycles. The molecule has 0 aliphatic carbocycles. The van der Waals surface area contributed by atoms with Crippen molar-refractivity contribution < 1.29 is 13.5 Å². The zero-order valence-electron chi connectivity index (χ0n) is 16.7. The molecule has 0 bridgehead atoms. The van der Waals surface area contributed by atoms with Crippen LogP contribution in [0.25, 0.3) is 0 Å². The van der Waals surface area contributed by atoms with E-state index in [0.717, 1.165) is 0 Å². The van der Waals surface area contributed by atoms with Crippen molar-refractivity contribution in [2.24, 2.45) is 22.2 Å². The number of halogens is 2. The molecular formula is C16H29F2N9O. The number of hydrogen-bond acceptors (Lipinski definition) is 9. The molecule has 1 saturated heterocycles. The van der Waals surface area contributed by atoms with Crippen LogP contribution in [0.15, 0.2) is 5.10 Å². The molecule has 7 N–H and O–H groups in total. The first kappa shape index (κ1) is 21.7. The lowest BCUT2D eigenvalue weighted by atomic mass is 9.99. The van der Waals surface area contributed by atoms with Gasteiger partial charge in [0.2, 0.25) is 0 Å². The molecule has 10 nitrogen and oxygen atoms in total. The molecule has 0 radical (unpaired) electrons. The number of nitrogens with zero attached hydrogens (tertiary/aromatic N) is 5. The number of aromatic nitrogens is 2. The molecule has 12 heteroatoms. The predicted molar refractivity (Wildman–Crippen MR) is 105 cm³/mol. The Morgan fingerprint density at radius 3 is 2.57 bits per heavy atom. The van der Waals surface area contributed by atoms with Crippen LogP contribution in [-0.2, 0) is 0 Å². The van der Waals surface area contributed by atoms with E-state index in [1.54, 1.807) is 7.05 Å². The van der Waals surface area contributed by atoms with Crippen molar-refractivity contribution >= 4 is 23.2 Å². The molecule has 1 aliphatic heterocycles. The van der Waals surface area contributed by atoms with Gasteiger partial charge >= 0.3 is 6.01 Å². The number of nitrogens with two attached hydrogens (primary N) is 3. The number of rotatable bonds is 6. The van der Waals surface area contributed by atoms with Gasteiger partial charge < -0.3 is 26.5 Å². The summed E-state index contributed by atoms with van der Waals surface area (Å²) in [6, 6.07) is 0.0455. The van der Waals surface area contributed by atoms with Crippen LogP contribution in [0, 0.1) is 5.41 Å². The maximum atomic E-state index is 13.7. The third kappa shape index (κ3) is 5.68. The van der Waals surface area contributed by atoms with Gasteiger partial charge in [0.15, 0.2) is 17.5 Å². The van der Waals surface area contributed by atoms with E-state index < -0.39 is 12.5 Å². The molecule has 1 aliphatic rings. The maximum absolute atomic E-state index is 13.7. The van der Waals surface area contributed by atoms with E-state index in [9.17, 15) is 8.78 Å². The van der Waals surface area contributed by atoms with Gasteiger partial charge in [0.25, 0.3) is 5.92 Å². The van der Waals surface area contributed by atoms with Crippen molar-refractivity contribution in [3.05, 3.63) is 0 Å². The summed E-state index contributed by atoms with van der Waals surface area (Å²) in [5, 5.41) is 7.78. The lowest BCUT2D eigenvalue weighted by Crippen LogP contribution is -2.38. The van der Waals surface area contributed by atoms with Crippen LogP contribution >= 0.6 is 0 Å². The predicted octanol–water partition coefficient (Wildman–Crippen LogP) is 0.819. The first-order valence-electron chi connectivity index (χ1n) is 8.84. The number of amidine groups is 1. The van der Waals surface area contributed by atoms with Crippen LogP contribution < -0.4 is 32.4 Å². The van der Waals surface area contributed by atoms with E-state index in [2.05, 4.69) is 20.4 Å². The topological polar surface area (TPSA) is 144 Å². The minimum atomic E-state index is -2.79. The number of alkyl halides is 2. The minimum Gasteiger partial charge on any atom is -0.463 e. The Morgan fingerprint density at radius 1 is 1.39 bits per heavy atom. The summed E-state index contributed by atoms with van der Waals surface area (Å²) < 4.78 is 33.0. The average molecular weight is 401 g/mol. The number of likely N-dealkylation sites (N-methyl/N-ethyl adjacent to an activating group) is 1. The number of hydrogen-bond donors (Lipinski definition) is 4. The van der Waals surface area contributed by atoms with Crippen molar-refractivity contribution in [2.75, 3.05) is 49.2 Å². The second kappa shape index (κ2) is 8.17. The van der Waals surface area contributed by atoms with Crippen molar-refractivity contribution in [3.63, 3.8) is 0 Å². The highest BCUT2D eigenvalue weighted by Crippen LogP contribution is 2.36. The van der Waals surface area contributed by atoms with Gasteiger partial charge in [-0.15, -0.1) is 0 Å². The van der Waals surface area contributed by atoms with E-state index in [1.165, 1.54) is 9.91 Å². The number of hydrazine groups is 1. The highest BCUT2D eigenvalue weighted by molar-refractivity contribution is 5.87. The lowest BCUT2D eigenvalue weighted by Gasteiger charge is -2.23. The fourth-order valence-corrected chi connectivity index (χ4v) is 2.50. The van der Waals surface area contributed by atoms with Gasteiger partial charge in [0.05, 0.1) is 19.7 Å². The first-order valence-corrected chi connectivity index (χ1v) is 8.84. The third-order valence-electron chi connectivity index (χ3n) is 3.98. The van der Waals surface area contributed by atoms with Gasteiger partial charge in [-0.05, 0) is 5.41 Å². The molecule has 0 spiro atoms. The molecule has 28 heavy (non-hydrogen) atoms. The van der Waals surface area contributed by atoms with Crippen LogP contribution in [0.4, 0.5) is 26.1 Å². The number of nitrogens with one attached hydrogen (secondary N) is 1. The Hall–Kier alpha value is -2.63. The van der Waals surface area contributed by atoms with Gasteiger partial charge in [-0.2, -0.15) is 15.1 Å². The van der Waals surface area contributed by atoms with Crippen molar-refractivity contribution in [1.82, 2.24) is 15.0 Å². The zero-order chi connectivity index (χ0) is 21.1. The quantitative estimate of drug-likeness (QED) is 0.236. The highest BCUT2D eigenvalue weighted by atomic mass is 19.3. The summed E-state index contributed by atoms with van der Waals surface area (Å²) in [5.74, 6) is 8.92. The van der Waals surface area contributed by atoms with Crippen molar-refractivity contribution in [1.29, 1.82) is 0 Å². The largest absolute Gasteiger partial charge is 0.463 e. The number of ether oxygens (including phenoxy) is 1. The fraction of sp³-hybridized carbons (Fsp3) is 0.688. The van der Waals surface area contributed by atoms with E-state index in [1.807, 2.05) is 20.8 Å². The summed E-state index contributed by atoms with van der Waals surface area (Å²) in [6.07, 6.45) is -0.265. The SMILES string of the molecule is CN(N)/C(CNc1nc(OCC(C)(C)C)nc(N2CCC(F)(F)C2)c1N)=N\N. The molecule has 1 fully saturated rings. The Labute approximate surface area is 163 Å². The number of hydrazone groups is 1. The van der Waals surface area contributed by atoms with Crippen LogP contribution in [0.1, 0.15) is 27.2 Å². The van der Waals surface area contributed by atoms with E-state index in [0.29, 0.717) is 12.4 Å². The van der Waals surface area contributed by atoms with Gasteiger partial charge in [-0.25, -0.2) is 14.6 Å². The van der Waals surface area contributed by atoms with Crippen LogP contribution in [0.2, 0.25) is 0 Å². The molecule has 0 unspecified atom stereocenters. The molecular weight excluding hydrogens is 372 g/mol. The zero-order valence-corrected chi connectivity index (χ0v) is 16.7. The van der Waals surface area contributed by atoms with Crippen molar-refractivity contribution in [2.45, 2.75) is 33.1 Å². The second-order valence-corrected chi connectivity index (χ2v) is 7.98. The Balaban J connectivity index is 2.32. The molecule has 158 valence electrons. The minimum absolute atomic E-state index is 0.0455. The van der Waals surface area contributed by atoms with E-state index >= 15 is 0 Å². The molecule has 0 aromatic carbocycles. The third-order valence-corrected chi connectivity index (χ3v) is 3.98. The van der Waals surface area contributed by atoms with Gasteiger partial charge in [-0.3, -0.25) is 5.01 Å². The first-order chi connectivity index (χ1) is 12.9. The standard InChI is InChI=1S/C16H29F2N9O/c1-15(2,3)9-28-14-23-12(22-7-10(25-20)26(4)21)11(19)13(24-14)27-6-5-16(17,18)8-27/h5-9,19-21H2,1-4H3,(H,22,23,24)/b25-10-. The van der Waals surface area contributed by atoms with E-state index in [4.69, 9.17) is 22.2 Å². The number of nitrogen functional groups attached to an aromatic ring is 1. The Kier molecular flexibility index (Phi) is 6.32. The summed E-state index contributed by atoms with van der Waals surface area (Å²) in [6.45, 7) is 6.11. The Bertz CT molecular complexity index is 719. The van der Waals surface area contributed by atoms with Crippen molar-refractivity contribution in [3.8, 4) is 6.01 Å². The monoisotopic (exact) mass is 401 g/mol. The fourth-order valence-electron chi connectivity index (χ4n) is 2.50. The van der Waals surface area contributed by atoms with Gasteiger partial charge in [0, 0.05) is 20.0 Å². The highest BCUT2D eigenvalue weighted by Gasteiger charge is 2.40. The summed E-state index contributed by atoms with van der Waals surface area (Å²) in [5.41, 5.74) is 6.16. The molecule has 1 aromatic heterocycles. The maximum Gasteiger partial charge on any atom is 0.320 e. The van der Waals surface area contributed by atoms with Gasteiger partial charge in [-0.1, -0.05) is 20.8 Å². The van der Waals surface area contributed by atoms with Crippen LogP contribution in [0.5, 0.6) is 6.01 Å². The summed E-state index contributed by atoms with van der Waals surface area (Å²) >= 11 is 0. The number of anilines is 3. The average Bonchev–Trinajstić information content (AvgIpc) is 2.94.